The molecule has 1 aromatic heterocycles. The van der Waals surface area contributed by atoms with Crippen molar-refractivity contribution in [1.82, 2.24) is 10.2 Å². The minimum absolute atomic E-state index is 0.00432. The lowest BCUT2D eigenvalue weighted by molar-refractivity contribution is -0.111. The molecular formula is C19H16ClN5O3S. The van der Waals surface area contributed by atoms with E-state index in [0.29, 0.717) is 11.4 Å². The molecule has 10 heteroatoms. The predicted molar refractivity (Wildman–Crippen MR) is 113 cm³/mol. The van der Waals surface area contributed by atoms with Gasteiger partial charge in [0.2, 0.25) is 5.91 Å². The number of anilines is 3. The van der Waals surface area contributed by atoms with Crippen molar-refractivity contribution in [3.05, 3.63) is 77.5 Å². The highest BCUT2D eigenvalue weighted by Crippen LogP contribution is 2.17. The van der Waals surface area contributed by atoms with E-state index in [4.69, 9.17) is 17.3 Å². The molecule has 0 aliphatic rings. The van der Waals surface area contributed by atoms with Crippen LogP contribution < -0.4 is 15.8 Å². The van der Waals surface area contributed by atoms with Gasteiger partial charge >= 0.3 is 0 Å². The van der Waals surface area contributed by atoms with Gasteiger partial charge in [0.1, 0.15) is 0 Å². The summed E-state index contributed by atoms with van der Waals surface area (Å²) >= 11 is 5.63. The molecule has 8 nitrogen and oxygen atoms in total. The van der Waals surface area contributed by atoms with Gasteiger partial charge in [-0.05, 0) is 60.2 Å². The minimum Gasteiger partial charge on any atom is -0.399 e. The lowest BCUT2D eigenvalue weighted by Crippen LogP contribution is -2.14. The first-order valence-corrected chi connectivity index (χ1v) is 10.1. The molecule has 0 atom stereocenters. The summed E-state index contributed by atoms with van der Waals surface area (Å²) in [6.45, 7) is 0. The quantitative estimate of drug-likeness (QED) is 0.408. The Labute approximate surface area is 172 Å². The Bertz CT molecular complexity index is 1130. The summed E-state index contributed by atoms with van der Waals surface area (Å²) in [6.07, 6.45) is 3.02. The molecule has 2 aromatic carbocycles. The first-order valence-electron chi connectivity index (χ1n) is 8.28. The molecule has 0 fully saturated rings. The van der Waals surface area contributed by atoms with E-state index >= 15 is 0 Å². The number of carbonyl (C=O) groups is 1. The van der Waals surface area contributed by atoms with Gasteiger partial charge in [0.15, 0.2) is 11.0 Å². The standard InChI is InChI=1S/C19H16ClN5O3S/c20-17-10-11-18(24-23-17)25-29(27,28)16-8-6-15(7-9-16)22-19(26)12-3-13-1-4-14(21)5-2-13/h1-12H,21H2,(H,22,26)(H,24,25)/b12-3+. The summed E-state index contributed by atoms with van der Waals surface area (Å²) in [7, 11) is -3.85. The number of nitrogens with one attached hydrogen (secondary N) is 2. The van der Waals surface area contributed by atoms with E-state index in [1.54, 1.807) is 30.3 Å². The number of benzene rings is 2. The third-order valence-corrected chi connectivity index (χ3v) is 5.24. The Balaban J connectivity index is 1.63. The summed E-state index contributed by atoms with van der Waals surface area (Å²) in [5, 5.41) is 10.0. The fourth-order valence-electron chi connectivity index (χ4n) is 2.25. The number of carbonyl (C=O) groups excluding carboxylic acids is 1. The highest BCUT2D eigenvalue weighted by atomic mass is 35.5. The van der Waals surface area contributed by atoms with Crippen LogP contribution in [-0.2, 0) is 14.8 Å². The third-order valence-electron chi connectivity index (χ3n) is 3.67. The number of amides is 1. The first-order chi connectivity index (χ1) is 13.8. The highest BCUT2D eigenvalue weighted by molar-refractivity contribution is 7.92. The third kappa shape index (κ3) is 5.77. The molecule has 0 saturated carbocycles. The summed E-state index contributed by atoms with van der Waals surface area (Å²) in [5.41, 5.74) is 7.52. The molecule has 148 valence electrons. The van der Waals surface area contributed by atoms with Crippen LogP contribution in [0.25, 0.3) is 6.08 Å². The zero-order chi connectivity index (χ0) is 20.9. The number of nitrogens with two attached hydrogens (primary N) is 1. The van der Waals surface area contributed by atoms with Crippen molar-refractivity contribution in [2.24, 2.45) is 0 Å². The van der Waals surface area contributed by atoms with E-state index in [1.807, 2.05) is 0 Å². The summed E-state index contributed by atoms with van der Waals surface area (Å²) in [6, 6.07) is 15.6. The number of halogens is 1. The Kier molecular flexibility index (Phi) is 6.10. The second-order valence-corrected chi connectivity index (χ2v) is 7.93. The molecule has 0 radical (unpaired) electrons. The summed E-state index contributed by atoms with van der Waals surface area (Å²) in [4.78, 5) is 12.0. The van der Waals surface area contributed by atoms with Crippen LogP contribution in [0.2, 0.25) is 5.15 Å². The Morgan fingerprint density at radius 3 is 2.28 bits per heavy atom. The zero-order valence-corrected chi connectivity index (χ0v) is 16.5. The highest BCUT2D eigenvalue weighted by Gasteiger charge is 2.15. The lowest BCUT2D eigenvalue weighted by atomic mass is 10.2. The van der Waals surface area contributed by atoms with Crippen molar-refractivity contribution in [3.63, 3.8) is 0 Å². The monoisotopic (exact) mass is 429 g/mol. The normalized spacial score (nSPS) is 11.3. The molecule has 29 heavy (non-hydrogen) atoms. The molecule has 0 bridgehead atoms. The second-order valence-electron chi connectivity index (χ2n) is 5.86. The molecule has 0 saturated heterocycles. The minimum atomic E-state index is -3.85. The number of hydrogen-bond acceptors (Lipinski definition) is 6. The average molecular weight is 430 g/mol. The molecule has 4 N–H and O–H groups in total. The molecule has 0 unspecified atom stereocenters. The van der Waals surface area contributed by atoms with E-state index in [0.717, 1.165) is 5.56 Å². The zero-order valence-electron chi connectivity index (χ0n) is 14.9. The van der Waals surface area contributed by atoms with Gasteiger partial charge in [-0.2, -0.15) is 0 Å². The number of rotatable bonds is 6. The fraction of sp³-hybridized carbons (Fsp3) is 0. The van der Waals surface area contributed by atoms with Gasteiger partial charge in [0.25, 0.3) is 10.0 Å². The van der Waals surface area contributed by atoms with E-state index < -0.39 is 10.0 Å². The van der Waals surface area contributed by atoms with Crippen molar-refractivity contribution in [3.8, 4) is 0 Å². The number of aromatic nitrogens is 2. The van der Waals surface area contributed by atoms with Gasteiger partial charge in [0, 0.05) is 17.5 Å². The molecule has 3 rings (SSSR count). The van der Waals surface area contributed by atoms with Crippen molar-refractivity contribution in [2.75, 3.05) is 15.8 Å². The SMILES string of the molecule is Nc1ccc(/C=C/C(=O)Nc2ccc(S(=O)(=O)Nc3ccc(Cl)nn3)cc2)cc1. The molecule has 1 heterocycles. The Hall–Kier alpha value is -3.43. The van der Waals surface area contributed by atoms with Crippen LogP contribution in [0, 0.1) is 0 Å². The molecule has 1 amide bonds. The summed E-state index contributed by atoms with van der Waals surface area (Å²) in [5.74, 6) is -0.313. The molecule has 0 aliphatic heterocycles. The van der Waals surface area contributed by atoms with E-state index in [2.05, 4.69) is 20.2 Å². The van der Waals surface area contributed by atoms with Crippen LogP contribution >= 0.6 is 11.6 Å². The topological polar surface area (TPSA) is 127 Å². The van der Waals surface area contributed by atoms with Crippen LogP contribution in [0.5, 0.6) is 0 Å². The maximum Gasteiger partial charge on any atom is 0.263 e. The van der Waals surface area contributed by atoms with E-state index in [-0.39, 0.29) is 21.8 Å². The maximum absolute atomic E-state index is 12.4. The average Bonchev–Trinajstić information content (AvgIpc) is 2.70. The van der Waals surface area contributed by atoms with Crippen LogP contribution in [-0.4, -0.2) is 24.5 Å². The van der Waals surface area contributed by atoms with Crippen LogP contribution in [0.3, 0.4) is 0 Å². The molecule has 3 aromatic rings. The largest absolute Gasteiger partial charge is 0.399 e. The fourth-order valence-corrected chi connectivity index (χ4v) is 3.34. The van der Waals surface area contributed by atoms with Crippen molar-refractivity contribution in [2.45, 2.75) is 4.90 Å². The van der Waals surface area contributed by atoms with Gasteiger partial charge in [-0.3, -0.25) is 9.52 Å². The number of nitrogen functional groups attached to an aromatic ring is 1. The van der Waals surface area contributed by atoms with Gasteiger partial charge < -0.3 is 11.1 Å². The number of nitrogens with zero attached hydrogens (tertiary/aromatic N) is 2. The van der Waals surface area contributed by atoms with Crippen LogP contribution in [0.15, 0.2) is 71.6 Å². The molecule has 0 spiro atoms. The van der Waals surface area contributed by atoms with Crippen LogP contribution in [0.1, 0.15) is 5.56 Å². The van der Waals surface area contributed by atoms with Gasteiger partial charge in [-0.15, -0.1) is 10.2 Å². The number of hydrogen-bond donors (Lipinski definition) is 3. The number of sulfonamides is 1. The van der Waals surface area contributed by atoms with Crippen LogP contribution in [0.4, 0.5) is 17.2 Å². The Morgan fingerprint density at radius 2 is 1.66 bits per heavy atom. The van der Waals surface area contributed by atoms with Gasteiger partial charge in [0.05, 0.1) is 4.90 Å². The van der Waals surface area contributed by atoms with Crippen molar-refractivity contribution < 1.29 is 13.2 Å². The Morgan fingerprint density at radius 1 is 0.966 bits per heavy atom. The van der Waals surface area contributed by atoms with Crippen molar-refractivity contribution >= 4 is 50.8 Å². The van der Waals surface area contributed by atoms with Gasteiger partial charge in [-0.1, -0.05) is 23.7 Å². The molecular weight excluding hydrogens is 414 g/mol. The van der Waals surface area contributed by atoms with E-state index in [9.17, 15) is 13.2 Å². The molecule has 0 aliphatic carbocycles. The second kappa shape index (κ2) is 8.72. The summed E-state index contributed by atoms with van der Waals surface area (Å²) < 4.78 is 27.1. The lowest BCUT2D eigenvalue weighted by Gasteiger charge is -2.08. The smallest absolute Gasteiger partial charge is 0.263 e. The van der Waals surface area contributed by atoms with Gasteiger partial charge in [-0.25, -0.2) is 8.42 Å². The maximum atomic E-state index is 12.4. The first kappa shape index (κ1) is 20.3. The predicted octanol–water partition coefficient (Wildman–Crippen LogP) is 3.16. The van der Waals surface area contributed by atoms with Crippen molar-refractivity contribution in [1.29, 1.82) is 0 Å². The van der Waals surface area contributed by atoms with E-state index in [1.165, 1.54) is 42.5 Å².